The summed E-state index contributed by atoms with van der Waals surface area (Å²) in [5, 5.41) is 2.82. The van der Waals surface area contributed by atoms with Crippen molar-refractivity contribution in [3.63, 3.8) is 0 Å². The average Bonchev–Trinajstić information content (AvgIpc) is 3.19. The van der Waals surface area contributed by atoms with Gasteiger partial charge in [0.15, 0.2) is 0 Å². The first-order chi connectivity index (χ1) is 12.9. The van der Waals surface area contributed by atoms with Crippen LogP contribution in [0.25, 0.3) is 43.4 Å². The number of hydrogen-bond donors (Lipinski definition) is 0. The molecule has 0 N–H and O–H groups in total. The van der Waals surface area contributed by atoms with Gasteiger partial charge in [0.05, 0.1) is 26.4 Å². The molecule has 0 fully saturated rings. The molecule has 23 heavy (non-hydrogen) atoms. The summed E-state index contributed by atoms with van der Waals surface area (Å²) in [5.74, 6) is 0. The van der Waals surface area contributed by atoms with Crippen molar-refractivity contribution in [3.8, 4) is 11.3 Å². The number of aryl methyl sites for hydroxylation is 1. The van der Waals surface area contributed by atoms with E-state index in [9.17, 15) is 0 Å². The van der Waals surface area contributed by atoms with Gasteiger partial charge in [-0.3, -0.25) is 4.98 Å². The lowest BCUT2D eigenvalue weighted by molar-refractivity contribution is 0.670. The number of thiazole rings is 1. The van der Waals surface area contributed by atoms with E-state index in [2.05, 4.69) is 16.0 Å². The highest BCUT2D eigenvalue weighted by atomic mass is 32.1. The van der Waals surface area contributed by atoms with Crippen LogP contribution in [-0.4, -0.2) is 9.97 Å². The molecular weight excluding hydrogens is 304 g/mol. The van der Waals surface area contributed by atoms with Crippen molar-refractivity contribution < 1.29 is 9.90 Å². The minimum atomic E-state index is -0.345. The van der Waals surface area contributed by atoms with Gasteiger partial charge in [-0.25, -0.2) is 4.98 Å². The first-order valence-corrected chi connectivity index (χ1v) is 7.93. The van der Waals surface area contributed by atoms with Gasteiger partial charge >= 0.3 is 0 Å². The Balaban J connectivity index is 1.87. The third-order valence-electron chi connectivity index (χ3n) is 3.84. The number of benzene rings is 2. The quantitative estimate of drug-likeness (QED) is 0.405. The van der Waals surface area contributed by atoms with Gasteiger partial charge in [-0.05, 0) is 31.1 Å². The molecule has 0 amide bonds. The number of pyridine rings is 1. The lowest BCUT2D eigenvalue weighted by Gasteiger charge is -2.00. The van der Waals surface area contributed by atoms with Gasteiger partial charge in [0.1, 0.15) is 11.2 Å². The van der Waals surface area contributed by atoms with Crippen LogP contribution in [0.2, 0.25) is 0 Å². The second-order valence-corrected chi connectivity index (χ2v) is 6.52. The molecule has 110 valence electrons. The van der Waals surface area contributed by atoms with Crippen molar-refractivity contribution in [2.75, 3.05) is 0 Å². The van der Waals surface area contributed by atoms with Crippen molar-refractivity contribution in [1.82, 2.24) is 9.97 Å². The molecule has 3 nitrogen and oxygen atoms in total. The Morgan fingerprint density at radius 1 is 1.17 bits per heavy atom. The van der Waals surface area contributed by atoms with Crippen LogP contribution >= 0.6 is 11.3 Å². The summed E-state index contributed by atoms with van der Waals surface area (Å²) in [6.07, 6.45) is -0.320. The summed E-state index contributed by atoms with van der Waals surface area (Å²) in [4.78, 5) is 8.59. The van der Waals surface area contributed by atoms with Crippen molar-refractivity contribution in [2.45, 2.75) is 6.92 Å². The molecule has 0 aliphatic rings. The van der Waals surface area contributed by atoms with Gasteiger partial charge in [0, 0.05) is 28.6 Å². The van der Waals surface area contributed by atoms with Crippen LogP contribution in [0.4, 0.5) is 0 Å². The molecule has 0 atom stereocenters. The Labute approximate surface area is 141 Å². The molecule has 0 radical (unpaired) electrons. The van der Waals surface area contributed by atoms with Gasteiger partial charge in [-0.15, -0.1) is 11.3 Å². The highest BCUT2D eigenvalue weighted by molar-refractivity contribution is 7.18. The van der Waals surface area contributed by atoms with Gasteiger partial charge in [0.2, 0.25) is 0 Å². The molecule has 3 heterocycles. The molecule has 5 aromatic rings. The van der Waals surface area contributed by atoms with E-state index in [0.29, 0.717) is 16.7 Å². The Hall–Kier alpha value is -2.72. The summed E-state index contributed by atoms with van der Waals surface area (Å²) in [6.45, 7) is 1.97. The highest BCUT2D eigenvalue weighted by Gasteiger charge is 2.14. The Bertz CT molecular complexity index is 1390. The lowest BCUT2D eigenvalue weighted by atomic mass is 10.1. The molecular formula is C19H12N2OS. The Morgan fingerprint density at radius 3 is 3.09 bits per heavy atom. The van der Waals surface area contributed by atoms with Crippen molar-refractivity contribution >= 4 is 43.5 Å². The molecule has 3 aromatic heterocycles. The van der Waals surface area contributed by atoms with E-state index in [1.54, 1.807) is 17.4 Å². The molecule has 0 aliphatic carbocycles. The molecule has 5 rings (SSSR count). The monoisotopic (exact) mass is 320 g/mol. The van der Waals surface area contributed by atoms with E-state index in [0.717, 1.165) is 26.0 Å². The van der Waals surface area contributed by atoms with E-state index in [4.69, 9.17) is 9.90 Å². The van der Waals surface area contributed by atoms with Crippen LogP contribution in [0.3, 0.4) is 0 Å². The van der Waals surface area contributed by atoms with Crippen LogP contribution in [0, 0.1) is 6.92 Å². The number of nitrogens with zero attached hydrogens (tertiary/aromatic N) is 2. The summed E-state index contributed by atoms with van der Waals surface area (Å²) in [7, 11) is 0. The number of furan rings is 1. The molecule has 0 aliphatic heterocycles. The van der Waals surface area contributed by atoms with Crippen LogP contribution in [0.15, 0.2) is 59.0 Å². The molecule has 0 saturated heterocycles. The summed E-state index contributed by atoms with van der Waals surface area (Å²) < 4.78 is 38.8. The number of aromatic nitrogens is 2. The molecule has 0 spiro atoms. The maximum absolute atomic E-state index is 8.19. The average molecular weight is 320 g/mol. The second kappa shape index (κ2) is 4.64. The van der Waals surface area contributed by atoms with Crippen molar-refractivity contribution in [3.05, 3.63) is 59.6 Å². The third-order valence-corrected chi connectivity index (χ3v) is 4.77. The van der Waals surface area contributed by atoms with Gasteiger partial charge in [-0.1, -0.05) is 18.2 Å². The standard InChI is InChI=1S/C19H12N2OS/c1-11-21-16-10-17-14(9-18(16)23-11)12-5-4-6-13(19(12)22-17)15-7-2-3-8-20-15/h2-10H,1H3/i2D,3D,7D,8D. The van der Waals surface area contributed by atoms with Crippen LogP contribution in [0.1, 0.15) is 10.5 Å². The zero-order valence-electron chi connectivity index (χ0n) is 16.1. The van der Waals surface area contributed by atoms with Gasteiger partial charge in [0.25, 0.3) is 0 Å². The van der Waals surface area contributed by atoms with E-state index < -0.39 is 0 Å². The minimum absolute atomic E-state index is 0.178. The lowest BCUT2D eigenvalue weighted by Crippen LogP contribution is -1.81. The third kappa shape index (κ3) is 1.88. The fourth-order valence-electron chi connectivity index (χ4n) is 2.88. The fourth-order valence-corrected chi connectivity index (χ4v) is 3.73. The summed E-state index contributed by atoms with van der Waals surface area (Å²) in [5.41, 5.74) is 2.85. The smallest absolute Gasteiger partial charge is 0.144 e. The molecule has 4 heteroatoms. The predicted octanol–water partition coefficient (Wildman–Crippen LogP) is 5.57. The second-order valence-electron chi connectivity index (χ2n) is 5.28. The normalized spacial score (nSPS) is 14.1. The Morgan fingerprint density at radius 2 is 2.13 bits per heavy atom. The maximum Gasteiger partial charge on any atom is 0.144 e. The maximum atomic E-state index is 8.19. The number of fused-ring (bicyclic) bond motifs is 4. The predicted molar refractivity (Wildman–Crippen MR) is 94.9 cm³/mol. The van der Waals surface area contributed by atoms with Gasteiger partial charge in [-0.2, -0.15) is 0 Å². The first kappa shape index (κ1) is 9.43. The highest BCUT2D eigenvalue weighted by Crippen LogP contribution is 2.37. The van der Waals surface area contributed by atoms with E-state index in [-0.39, 0.29) is 30.0 Å². The van der Waals surface area contributed by atoms with E-state index in [1.807, 2.05) is 25.1 Å². The van der Waals surface area contributed by atoms with E-state index >= 15 is 0 Å². The fraction of sp³-hybridized carbons (Fsp3) is 0.0526. The zero-order chi connectivity index (χ0) is 18.9. The van der Waals surface area contributed by atoms with Crippen molar-refractivity contribution in [2.24, 2.45) is 0 Å². The largest absolute Gasteiger partial charge is 0.455 e. The molecule has 0 saturated carbocycles. The number of hydrogen-bond acceptors (Lipinski definition) is 4. The molecule has 0 unspecified atom stereocenters. The van der Waals surface area contributed by atoms with Crippen LogP contribution in [0.5, 0.6) is 0 Å². The van der Waals surface area contributed by atoms with Crippen molar-refractivity contribution in [1.29, 1.82) is 0 Å². The first-order valence-electron chi connectivity index (χ1n) is 9.11. The zero-order valence-corrected chi connectivity index (χ0v) is 12.9. The SMILES string of the molecule is [2H]c1nc(-c2cccc3c2oc2cc4nc(C)sc4cc23)c([2H])c([2H])c1[2H]. The molecule has 2 aromatic carbocycles. The number of rotatable bonds is 1. The topological polar surface area (TPSA) is 38.9 Å². The van der Waals surface area contributed by atoms with Gasteiger partial charge < -0.3 is 4.42 Å². The summed E-state index contributed by atoms with van der Waals surface area (Å²) >= 11 is 1.62. The summed E-state index contributed by atoms with van der Waals surface area (Å²) in [6, 6.07) is 8.68. The van der Waals surface area contributed by atoms with Crippen LogP contribution < -0.4 is 0 Å². The number of para-hydroxylation sites is 1. The molecule has 0 bridgehead atoms. The Kier molecular flexibility index (Phi) is 1.90. The minimum Gasteiger partial charge on any atom is -0.455 e. The van der Waals surface area contributed by atoms with Crippen LogP contribution in [-0.2, 0) is 0 Å². The van der Waals surface area contributed by atoms with E-state index in [1.165, 1.54) is 0 Å².